The average Bonchev–Trinajstić information content (AvgIpc) is 3.09. The molecule has 0 bridgehead atoms. The molecule has 168 valence electrons. The second kappa shape index (κ2) is 10.0. The van der Waals surface area contributed by atoms with Gasteiger partial charge in [-0.25, -0.2) is 0 Å². The lowest BCUT2D eigenvalue weighted by Crippen LogP contribution is -2.43. The maximum atomic E-state index is 12.4. The second-order valence-electron chi connectivity index (χ2n) is 7.44. The standard InChI is InChI=1S/C22H21Cl2N3O5/c1-12-3-4-13(2)18(7-12)25-19(28)11-32-22(31)14-8-20(29)27(10-14)26-21(30)16-6-5-15(23)9-17(16)24/h3-7,9,14H,8,10-11H2,1-2H3,(H,25,28)(H,26,30)/t14-/m0/s1. The molecule has 1 heterocycles. The fourth-order valence-electron chi connectivity index (χ4n) is 3.14. The molecule has 1 aliphatic heterocycles. The topological polar surface area (TPSA) is 105 Å². The van der Waals surface area contributed by atoms with E-state index in [0.717, 1.165) is 16.1 Å². The number of anilines is 1. The van der Waals surface area contributed by atoms with Crippen LogP contribution in [0, 0.1) is 19.8 Å². The molecule has 0 unspecified atom stereocenters. The molecule has 0 spiro atoms. The number of halogens is 2. The Morgan fingerprint density at radius 3 is 2.59 bits per heavy atom. The first-order chi connectivity index (χ1) is 15.1. The van der Waals surface area contributed by atoms with Gasteiger partial charge < -0.3 is 10.1 Å². The fourth-order valence-corrected chi connectivity index (χ4v) is 3.64. The molecule has 10 heteroatoms. The van der Waals surface area contributed by atoms with Gasteiger partial charge in [0.15, 0.2) is 6.61 Å². The van der Waals surface area contributed by atoms with E-state index in [1.807, 2.05) is 32.0 Å². The first kappa shape index (κ1) is 23.6. The van der Waals surface area contributed by atoms with Crippen LogP contribution in [0.1, 0.15) is 27.9 Å². The molecule has 2 aromatic rings. The van der Waals surface area contributed by atoms with Crippen molar-refractivity contribution in [3.63, 3.8) is 0 Å². The first-order valence-corrected chi connectivity index (χ1v) is 10.5. The van der Waals surface area contributed by atoms with Gasteiger partial charge in [-0.2, -0.15) is 0 Å². The summed E-state index contributed by atoms with van der Waals surface area (Å²) in [6, 6.07) is 9.96. The molecular formula is C22H21Cl2N3O5. The largest absolute Gasteiger partial charge is 0.455 e. The minimum absolute atomic E-state index is 0.0762. The summed E-state index contributed by atoms with van der Waals surface area (Å²) in [6.07, 6.45) is -0.147. The van der Waals surface area contributed by atoms with E-state index >= 15 is 0 Å². The van der Waals surface area contributed by atoms with Crippen molar-refractivity contribution in [3.8, 4) is 0 Å². The number of benzene rings is 2. The Kier molecular flexibility index (Phi) is 7.37. The normalized spacial score (nSPS) is 15.4. The van der Waals surface area contributed by atoms with E-state index in [0.29, 0.717) is 10.7 Å². The van der Waals surface area contributed by atoms with E-state index in [9.17, 15) is 19.2 Å². The number of rotatable bonds is 6. The Bertz CT molecular complexity index is 1090. The molecule has 2 N–H and O–H groups in total. The van der Waals surface area contributed by atoms with Crippen LogP contribution in [0.25, 0.3) is 0 Å². The van der Waals surface area contributed by atoms with Gasteiger partial charge in [0.1, 0.15) is 0 Å². The molecule has 0 aromatic heterocycles. The van der Waals surface area contributed by atoms with Gasteiger partial charge in [-0.3, -0.25) is 29.6 Å². The lowest BCUT2D eigenvalue weighted by Gasteiger charge is -2.18. The monoisotopic (exact) mass is 477 g/mol. The zero-order valence-electron chi connectivity index (χ0n) is 17.4. The van der Waals surface area contributed by atoms with E-state index in [1.54, 1.807) is 0 Å². The smallest absolute Gasteiger partial charge is 0.311 e. The van der Waals surface area contributed by atoms with E-state index in [-0.39, 0.29) is 23.6 Å². The van der Waals surface area contributed by atoms with Gasteiger partial charge in [-0.1, -0.05) is 35.3 Å². The Hall–Kier alpha value is -3.10. The van der Waals surface area contributed by atoms with Crippen molar-refractivity contribution in [3.05, 3.63) is 63.1 Å². The van der Waals surface area contributed by atoms with Gasteiger partial charge in [-0.05, 0) is 49.2 Å². The number of nitrogens with zero attached hydrogens (tertiary/aromatic N) is 1. The van der Waals surface area contributed by atoms with Crippen LogP contribution in [0.5, 0.6) is 0 Å². The van der Waals surface area contributed by atoms with Crippen molar-refractivity contribution >= 4 is 52.6 Å². The van der Waals surface area contributed by atoms with Gasteiger partial charge in [0.2, 0.25) is 5.91 Å². The summed E-state index contributed by atoms with van der Waals surface area (Å²) in [6.45, 7) is 3.19. The van der Waals surface area contributed by atoms with Crippen molar-refractivity contribution in [1.29, 1.82) is 0 Å². The molecule has 1 fully saturated rings. The number of carbonyl (C=O) groups excluding carboxylic acids is 4. The predicted octanol–water partition coefficient (Wildman–Crippen LogP) is 3.29. The highest BCUT2D eigenvalue weighted by molar-refractivity contribution is 6.36. The maximum Gasteiger partial charge on any atom is 0.311 e. The first-order valence-electron chi connectivity index (χ1n) is 9.74. The summed E-state index contributed by atoms with van der Waals surface area (Å²) in [4.78, 5) is 49.1. The van der Waals surface area contributed by atoms with Crippen molar-refractivity contribution in [2.45, 2.75) is 20.3 Å². The SMILES string of the molecule is Cc1ccc(C)c(NC(=O)COC(=O)[C@H]2CC(=O)N(NC(=O)c3ccc(Cl)cc3Cl)C2)c1. The van der Waals surface area contributed by atoms with E-state index in [4.69, 9.17) is 27.9 Å². The molecule has 8 nitrogen and oxygen atoms in total. The number of ether oxygens (including phenoxy) is 1. The highest BCUT2D eigenvalue weighted by atomic mass is 35.5. The zero-order valence-corrected chi connectivity index (χ0v) is 18.9. The number of hydrazine groups is 1. The number of aryl methyl sites for hydroxylation is 2. The lowest BCUT2D eigenvalue weighted by molar-refractivity contribution is -0.151. The number of amides is 3. The molecular weight excluding hydrogens is 457 g/mol. The van der Waals surface area contributed by atoms with Crippen LogP contribution in [-0.4, -0.2) is 41.9 Å². The second-order valence-corrected chi connectivity index (χ2v) is 8.29. The minimum atomic E-state index is -0.808. The maximum absolute atomic E-state index is 12.4. The molecule has 1 saturated heterocycles. The summed E-state index contributed by atoms with van der Waals surface area (Å²) in [5.41, 5.74) is 5.06. The number of nitrogens with one attached hydrogen (secondary N) is 2. The Balaban J connectivity index is 1.51. The fraction of sp³-hybridized carbons (Fsp3) is 0.273. The highest BCUT2D eigenvalue weighted by Gasteiger charge is 2.37. The average molecular weight is 478 g/mol. The summed E-state index contributed by atoms with van der Waals surface area (Å²) in [5, 5.41) is 4.23. The molecule has 0 aliphatic carbocycles. The Morgan fingerprint density at radius 1 is 1.12 bits per heavy atom. The number of esters is 1. The van der Waals surface area contributed by atoms with E-state index in [2.05, 4.69) is 10.7 Å². The third-order valence-corrected chi connectivity index (χ3v) is 5.43. The molecule has 3 rings (SSSR count). The number of hydrogen-bond acceptors (Lipinski definition) is 5. The van der Waals surface area contributed by atoms with E-state index in [1.165, 1.54) is 18.2 Å². The third kappa shape index (κ3) is 5.77. The quantitative estimate of drug-likeness (QED) is 0.621. The lowest BCUT2D eigenvalue weighted by atomic mass is 10.1. The minimum Gasteiger partial charge on any atom is -0.455 e. The third-order valence-electron chi connectivity index (χ3n) is 4.88. The van der Waals surface area contributed by atoms with Gasteiger partial charge in [-0.15, -0.1) is 0 Å². The Labute approximate surface area is 194 Å². The van der Waals surface area contributed by atoms with Gasteiger partial charge in [0.05, 0.1) is 23.0 Å². The van der Waals surface area contributed by atoms with Gasteiger partial charge in [0.25, 0.3) is 11.8 Å². The summed E-state index contributed by atoms with van der Waals surface area (Å²) in [5.74, 6) is -3.06. The Morgan fingerprint density at radius 2 is 1.88 bits per heavy atom. The van der Waals surface area contributed by atoms with Gasteiger partial charge >= 0.3 is 5.97 Å². The number of carbonyl (C=O) groups is 4. The van der Waals surface area contributed by atoms with Gasteiger partial charge in [0, 0.05) is 17.1 Å². The summed E-state index contributed by atoms with van der Waals surface area (Å²) < 4.78 is 5.07. The molecule has 0 radical (unpaired) electrons. The molecule has 1 aliphatic rings. The molecule has 0 saturated carbocycles. The summed E-state index contributed by atoms with van der Waals surface area (Å²) in [7, 11) is 0. The van der Waals surface area contributed by atoms with Crippen LogP contribution < -0.4 is 10.7 Å². The van der Waals surface area contributed by atoms with Crippen LogP contribution in [0.2, 0.25) is 10.0 Å². The van der Waals surface area contributed by atoms with Crippen LogP contribution in [-0.2, 0) is 19.1 Å². The van der Waals surface area contributed by atoms with Crippen molar-refractivity contribution < 1.29 is 23.9 Å². The zero-order chi connectivity index (χ0) is 23.4. The van der Waals surface area contributed by atoms with Crippen LogP contribution in [0.3, 0.4) is 0 Å². The summed E-state index contributed by atoms with van der Waals surface area (Å²) >= 11 is 11.8. The van der Waals surface area contributed by atoms with E-state index < -0.39 is 36.2 Å². The van der Waals surface area contributed by atoms with Crippen LogP contribution >= 0.6 is 23.2 Å². The van der Waals surface area contributed by atoms with Crippen molar-refractivity contribution in [2.75, 3.05) is 18.5 Å². The molecule has 2 aromatic carbocycles. The van der Waals surface area contributed by atoms with Crippen molar-refractivity contribution in [2.24, 2.45) is 5.92 Å². The van der Waals surface area contributed by atoms with Crippen LogP contribution in [0.15, 0.2) is 36.4 Å². The number of hydrogen-bond donors (Lipinski definition) is 2. The van der Waals surface area contributed by atoms with Crippen molar-refractivity contribution in [1.82, 2.24) is 10.4 Å². The van der Waals surface area contributed by atoms with Crippen LogP contribution in [0.4, 0.5) is 5.69 Å². The predicted molar refractivity (Wildman–Crippen MR) is 119 cm³/mol. The highest BCUT2D eigenvalue weighted by Crippen LogP contribution is 2.22. The molecule has 32 heavy (non-hydrogen) atoms. The molecule has 3 amide bonds. The molecule has 1 atom stereocenters.